The Bertz CT molecular complexity index is 443. The van der Waals surface area contributed by atoms with E-state index in [2.05, 4.69) is 25.8 Å². The van der Waals surface area contributed by atoms with Crippen molar-refractivity contribution in [3.63, 3.8) is 0 Å². The molecule has 1 heterocycles. The van der Waals surface area contributed by atoms with Gasteiger partial charge in [0.2, 0.25) is 0 Å². The number of esters is 1. The monoisotopic (exact) mass is 328 g/mol. The predicted octanol–water partition coefficient (Wildman–Crippen LogP) is 2.67. The second kappa shape index (κ2) is 5.73. The number of nitrogens with zero attached hydrogens (tertiary/aromatic N) is 2. The molecule has 0 N–H and O–H groups in total. The van der Waals surface area contributed by atoms with Gasteiger partial charge in [0.05, 0.1) is 12.3 Å². The van der Waals surface area contributed by atoms with Crippen molar-refractivity contribution in [3.8, 4) is 0 Å². The zero-order valence-electron chi connectivity index (χ0n) is 9.84. The first-order chi connectivity index (χ1) is 8.31. The molecule has 0 aliphatic carbocycles. The van der Waals surface area contributed by atoms with Gasteiger partial charge in [0.1, 0.15) is 6.54 Å². The quantitative estimate of drug-likeness (QED) is 0.630. The normalized spacial score (nSPS) is 11.7. The Morgan fingerprint density at radius 1 is 1.50 bits per heavy atom. The van der Waals surface area contributed by atoms with Crippen molar-refractivity contribution >= 4 is 21.9 Å². The summed E-state index contributed by atoms with van der Waals surface area (Å²) >= 11 is 3.09. The van der Waals surface area contributed by atoms with E-state index in [0.29, 0.717) is 5.69 Å². The molecular formula is C10H12BrF3N2O2. The van der Waals surface area contributed by atoms with Crippen molar-refractivity contribution in [2.45, 2.75) is 31.9 Å². The summed E-state index contributed by atoms with van der Waals surface area (Å²) in [6.45, 7) is 2.80. The van der Waals surface area contributed by atoms with E-state index in [1.807, 2.05) is 0 Å². The minimum atomic E-state index is -4.53. The molecule has 18 heavy (non-hydrogen) atoms. The van der Waals surface area contributed by atoms with Crippen LogP contribution in [-0.4, -0.2) is 22.4 Å². The molecule has 1 rings (SSSR count). The van der Waals surface area contributed by atoms with Gasteiger partial charge in [0.25, 0.3) is 0 Å². The van der Waals surface area contributed by atoms with Crippen LogP contribution in [0.1, 0.15) is 23.9 Å². The topological polar surface area (TPSA) is 44.1 Å². The van der Waals surface area contributed by atoms with E-state index in [0.717, 1.165) is 4.68 Å². The van der Waals surface area contributed by atoms with Crippen LogP contribution in [-0.2, 0) is 27.6 Å². The largest absolute Gasteiger partial charge is 0.465 e. The Labute approximate surface area is 110 Å². The first-order valence-electron chi connectivity index (χ1n) is 5.16. The lowest BCUT2D eigenvalue weighted by molar-refractivity contribution is -0.146. The summed E-state index contributed by atoms with van der Waals surface area (Å²) in [5.41, 5.74) is -0.639. The minimum absolute atomic E-state index is 0.0173. The van der Waals surface area contributed by atoms with Crippen LogP contribution in [0.2, 0.25) is 0 Å². The van der Waals surface area contributed by atoms with Gasteiger partial charge < -0.3 is 4.74 Å². The van der Waals surface area contributed by atoms with E-state index in [9.17, 15) is 18.0 Å². The molecule has 0 fully saturated rings. The van der Waals surface area contributed by atoms with Crippen molar-refractivity contribution in [1.82, 2.24) is 9.78 Å². The number of hydrogen-bond acceptors (Lipinski definition) is 3. The molecule has 0 radical (unpaired) electrons. The summed E-state index contributed by atoms with van der Waals surface area (Å²) in [4.78, 5) is 11.3. The maximum atomic E-state index is 12.7. The fraction of sp³-hybridized carbons (Fsp3) is 0.600. The number of carbonyl (C=O) groups excluding carboxylic acids is 1. The standard InChI is InChI=1S/C10H12BrF3N2O2/c1-3-18-8(17)5-16-7(4-11)6(2)9(15-16)10(12,13)14/h3-5H2,1-2H3. The van der Waals surface area contributed by atoms with Gasteiger partial charge in [-0.25, -0.2) is 0 Å². The molecule has 0 bridgehead atoms. The van der Waals surface area contributed by atoms with E-state index in [4.69, 9.17) is 0 Å². The molecule has 0 aliphatic rings. The molecule has 4 nitrogen and oxygen atoms in total. The lowest BCUT2D eigenvalue weighted by Gasteiger charge is -2.05. The summed E-state index contributed by atoms with van der Waals surface area (Å²) in [7, 11) is 0. The maximum absolute atomic E-state index is 12.7. The molecule has 1 aromatic rings. The van der Waals surface area contributed by atoms with Gasteiger partial charge in [-0.05, 0) is 13.8 Å². The summed E-state index contributed by atoms with van der Waals surface area (Å²) in [6, 6.07) is 0. The molecule has 0 atom stereocenters. The van der Waals surface area contributed by atoms with Crippen molar-refractivity contribution in [2.24, 2.45) is 0 Å². The lowest BCUT2D eigenvalue weighted by atomic mass is 10.2. The van der Waals surface area contributed by atoms with Crippen LogP contribution in [0.15, 0.2) is 0 Å². The lowest BCUT2D eigenvalue weighted by Crippen LogP contribution is -2.17. The zero-order chi connectivity index (χ0) is 13.9. The maximum Gasteiger partial charge on any atom is 0.435 e. The minimum Gasteiger partial charge on any atom is -0.465 e. The third kappa shape index (κ3) is 3.24. The second-order valence-electron chi connectivity index (χ2n) is 3.51. The molecule has 0 saturated heterocycles. The van der Waals surface area contributed by atoms with Gasteiger partial charge in [-0.1, -0.05) is 15.9 Å². The molecule has 0 aliphatic heterocycles. The summed E-state index contributed by atoms with van der Waals surface area (Å²) in [5.74, 6) is -0.615. The zero-order valence-corrected chi connectivity index (χ0v) is 11.4. The van der Waals surface area contributed by atoms with E-state index < -0.39 is 17.8 Å². The number of hydrogen-bond donors (Lipinski definition) is 0. The average Bonchev–Trinajstić information content (AvgIpc) is 2.54. The van der Waals surface area contributed by atoms with Crippen LogP contribution < -0.4 is 0 Å². The molecule has 0 aromatic carbocycles. The predicted molar refractivity (Wildman–Crippen MR) is 61.2 cm³/mol. The third-order valence-electron chi connectivity index (χ3n) is 2.30. The van der Waals surface area contributed by atoms with Crippen molar-refractivity contribution < 1.29 is 22.7 Å². The fourth-order valence-electron chi connectivity index (χ4n) is 1.48. The van der Waals surface area contributed by atoms with Gasteiger partial charge in [-0.2, -0.15) is 18.3 Å². The van der Waals surface area contributed by atoms with Crippen LogP contribution in [0, 0.1) is 6.92 Å². The number of halogens is 4. The van der Waals surface area contributed by atoms with Crippen LogP contribution in [0.4, 0.5) is 13.2 Å². The smallest absolute Gasteiger partial charge is 0.435 e. The van der Waals surface area contributed by atoms with Gasteiger partial charge >= 0.3 is 12.1 Å². The number of aromatic nitrogens is 2. The highest BCUT2D eigenvalue weighted by Gasteiger charge is 2.37. The summed E-state index contributed by atoms with van der Waals surface area (Å²) in [5, 5.41) is 3.62. The average molecular weight is 329 g/mol. The molecule has 0 unspecified atom stereocenters. The first-order valence-corrected chi connectivity index (χ1v) is 6.28. The van der Waals surface area contributed by atoms with Gasteiger partial charge in [0.15, 0.2) is 5.69 Å². The first kappa shape index (κ1) is 15.0. The number of rotatable bonds is 4. The Morgan fingerprint density at radius 2 is 2.11 bits per heavy atom. The summed E-state index contributed by atoms with van der Waals surface area (Å²) < 4.78 is 43.7. The highest BCUT2D eigenvalue weighted by molar-refractivity contribution is 9.08. The Balaban J connectivity index is 3.09. The number of ether oxygens (including phenoxy) is 1. The van der Waals surface area contributed by atoms with Crippen LogP contribution >= 0.6 is 15.9 Å². The third-order valence-corrected chi connectivity index (χ3v) is 2.83. The fourth-order valence-corrected chi connectivity index (χ4v) is 2.19. The Morgan fingerprint density at radius 3 is 2.56 bits per heavy atom. The molecular weight excluding hydrogens is 317 g/mol. The molecule has 0 spiro atoms. The van der Waals surface area contributed by atoms with Crippen molar-refractivity contribution in [3.05, 3.63) is 17.0 Å². The van der Waals surface area contributed by atoms with Gasteiger partial charge in [0, 0.05) is 10.9 Å². The van der Waals surface area contributed by atoms with E-state index in [-0.39, 0.29) is 24.0 Å². The van der Waals surface area contributed by atoms with Crippen molar-refractivity contribution in [2.75, 3.05) is 6.61 Å². The summed E-state index contributed by atoms with van der Waals surface area (Å²) in [6.07, 6.45) is -4.53. The molecule has 102 valence electrons. The van der Waals surface area contributed by atoms with Crippen LogP contribution in [0.5, 0.6) is 0 Å². The van der Waals surface area contributed by atoms with E-state index in [1.54, 1.807) is 6.92 Å². The molecule has 1 aromatic heterocycles. The SMILES string of the molecule is CCOC(=O)Cn1nc(C(F)(F)F)c(C)c1CBr. The Hall–Kier alpha value is -1.05. The van der Waals surface area contributed by atoms with E-state index >= 15 is 0 Å². The Kier molecular flexibility index (Phi) is 4.78. The number of carbonyl (C=O) groups is 1. The molecule has 0 saturated carbocycles. The number of alkyl halides is 4. The van der Waals surface area contributed by atoms with Crippen LogP contribution in [0.25, 0.3) is 0 Å². The molecule has 0 amide bonds. The molecule has 8 heteroatoms. The van der Waals surface area contributed by atoms with Gasteiger partial charge in [-0.3, -0.25) is 9.48 Å². The van der Waals surface area contributed by atoms with Crippen LogP contribution in [0.3, 0.4) is 0 Å². The van der Waals surface area contributed by atoms with Gasteiger partial charge in [-0.15, -0.1) is 0 Å². The van der Waals surface area contributed by atoms with Crippen molar-refractivity contribution in [1.29, 1.82) is 0 Å². The highest BCUT2D eigenvalue weighted by atomic mass is 79.9. The highest BCUT2D eigenvalue weighted by Crippen LogP contribution is 2.32. The second-order valence-corrected chi connectivity index (χ2v) is 4.08. The van der Waals surface area contributed by atoms with E-state index in [1.165, 1.54) is 6.92 Å².